The van der Waals surface area contributed by atoms with E-state index in [0.29, 0.717) is 0 Å². The minimum Gasteiger partial charge on any atom is -0.379 e. The van der Waals surface area contributed by atoms with E-state index in [1.165, 1.54) is 0 Å². The first kappa shape index (κ1) is 16.4. The summed E-state index contributed by atoms with van der Waals surface area (Å²) in [5.74, 6) is 1.55. The van der Waals surface area contributed by atoms with Crippen molar-refractivity contribution in [3.63, 3.8) is 0 Å². The van der Waals surface area contributed by atoms with Gasteiger partial charge in [0.15, 0.2) is 5.65 Å². The lowest BCUT2D eigenvalue weighted by atomic mass is 10.3. The van der Waals surface area contributed by atoms with Gasteiger partial charge >= 0.3 is 0 Å². The highest BCUT2D eigenvalue weighted by atomic mass is 16.5. The van der Waals surface area contributed by atoms with Crippen LogP contribution in [0.5, 0.6) is 0 Å². The first-order valence-corrected chi connectivity index (χ1v) is 8.28. The summed E-state index contributed by atoms with van der Waals surface area (Å²) in [5, 5.41) is 8.79. The molecule has 2 aromatic heterocycles. The maximum absolute atomic E-state index is 5.56. The summed E-state index contributed by atoms with van der Waals surface area (Å²) in [5.41, 5.74) is 1.80. The molecule has 6 heteroatoms. The molecule has 0 saturated carbocycles. The zero-order valence-electron chi connectivity index (χ0n) is 14.4. The zero-order valence-corrected chi connectivity index (χ0v) is 14.4. The lowest BCUT2D eigenvalue weighted by Gasteiger charge is -2.10. The van der Waals surface area contributed by atoms with Gasteiger partial charge in [-0.3, -0.25) is 0 Å². The van der Waals surface area contributed by atoms with Crippen LogP contribution in [0.1, 0.15) is 26.1 Å². The highest BCUT2D eigenvalue weighted by Crippen LogP contribution is 2.22. The highest BCUT2D eigenvalue weighted by Gasteiger charge is 2.12. The van der Waals surface area contributed by atoms with Gasteiger partial charge in [0.25, 0.3) is 0 Å². The molecule has 0 atom stereocenters. The van der Waals surface area contributed by atoms with Gasteiger partial charge in [0.2, 0.25) is 0 Å². The molecule has 1 aromatic carbocycles. The van der Waals surface area contributed by atoms with E-state index in [-0.39, 0.29) is 6.10 Å². The van der Waals surface area contributed by atoms with Crippen LogP contribution in [-0.2, 0) is 4.74 Å². The molecule has 0 aliphatic rings. The number of benzene rings is 1. The fourth-order valence-corrected chi connectivity index (χ4v) is 2.51. The molecular weight excluding hydrogens is 302 g/mol. The maximum atomic E-state index is 5.56. The summed E-state index contributed by atoms with van der Waals surface area (Å²) in [7, 11) is 0. The molecule has 3 aromatic rings. The van der Waals surface area contributed by atoms with E-state index in [4.69, 9.17) is 4.74 Å². The SMILES string of the molecule is Cc1nc(NCCCOC(C)C)c2cnn(-c3ccccc3)c2n1. The lowest BCUT2D eigenvalue weighted by molar-refractivity contribution is 0.0787. The number of aromatic nitrogens is 4. The van der Waals surface area contributed by atoms with E-state index in [9.17, 15) is 0 Å². The van der Waals surface area contributed by atoms with Crippen LogP contribution in [0.4, 0.5) is 5.82 Å². The minimum absolute atomic E-state index is 0.266. The second-order valence-corrected chi connectivity index (χ2v) is 5.95. The molecule has 0 aliphatic heterocycles. The van der Waals surface area contributed by atoms with Crippen molar-refractivity contribution in [2.75, 3.05) is 18.5 Å². The van der Waals surface area contributed by atoms with Crippen LogP contribution in [0.2, 0.25) is 0 Å². The van der Waals surface area contributed by atoms with E-state index >= 15 is 0 Å². The molecule has 0 fully saturated rings. The van der Waals surface area contributed by atoms with Gasteiger partial charge in [0.1, 0.15) is 11.6 Å². The summed E-state index contributed by atoms with van der Waals surface area (Å²) in [4.78, 5) is 9.09. The molecule has 3 rings (SSSR count). The molecule has 0 spiro atoms. The van der Waals surface area contributed by atoms with Crippen LogP contribution in [-0.4, -0.2) is 39.0 Å². The largest absolute Gasteiger partial charge is 0.379 e. The topological polar surface area (TPSA) is 64.9 Å². The molecule has 24 heavy (non-hydrogen) atoms. The van der Waals surface area contributed by atoms with Crippen LogP contribution in [0.3, 0.4) is 0 Å². The quantitative estimate of drug-likeness (QED) is 0.675. The normalized spacial score (nSPS) is 11.3. The summed E-state index contributed by atoms with van der Waals surface area (Å²) < 4.78 is 7.41. The first-order chi connectivity index (χ1) is 11.6. The van der Waals surface area contributed by atoms with E-state index in [2.05, 4.69) is 20.4 Å². The van der Waals surface area contributed by atoms with Crippen molar-refractivity contribution in [1.82, 2.24) is 19.7 Å². The summed E-state index contributed by atoms with van der Waals surface area (Å²) in [6.45, 7) is 7.52. The smallest absolute Gasteiger partial charge is 0.168 e. The van der Waals surface area contributed by atoms with E-state index in [1.54, 1.807) is 0 Å². The Morgan fingerprint density at radius 1 is 1.17 bits per heavy atom. The zero-order chi connectivity index (χ0) is 16.9. The van der Waals surface area contributed by atoms with Crippen molar-refractivity contribution in [1.29, 1.82) is 0 Å². The van der Waals surface area contributed by atoms with E-state index in [0.717, 1.165) is 47.9 Å². The minimum atomic E-state index is 0.266. The number of nitrogens with one attached hydrogen (secondary N) is 1. The van der Waals surface area contributed by atoms with Crippen molar-refractivity contribution in [2.45, 2.75) is 33.3 Å². The van der Waals surface area contributed by atoms with Crippen molar-refractivity contribution >= 4 is 16.9 Å². The molecule has 0 amide bonds. The Hall–Kier alpha value is -2.47. The number of anilines is 1. The number of hydrogen-bond donors (Lipinski definition) is 1. The van der Waals surface area contributed by atoms with E-state index in [1.807, 2.05) is 62.0 Å². The molecule has 2 heterocycles. The Kier molecular flexibility index (Phi) is 5.05. The monoisotopic (exact) mass is 325 g/mol. The van der Waals surface area contributed by atoms with Crippen LogP contribution in [0, 0.1) is 6.92 Å². The van der Waals surface area contributed by atoms with Gasteiger partial charge in [-0.1, -0.05) is 18.2 Å². The molecule has 6 nitrogen and oxygen atoms in total. The Labute approximate surface area is 141 Å². The number of rotatable bonds is 7. The van der Waals surface area contributed by atoms with Crippen molar-refractivity contribution in [3.8, 4) is 5.69 Å². The van der Waals surface area contributed by atoms with Gasteiger partial charge in [-0.15, -0.1) is 0 Å². The third-order valence-electron chi connectivity index (χ3n) is 3.61. The number of aryl methyl sites for hydroxylation is 1. The molecule has 0 unspecified atom stereocenters. The van der Waals surface area contributed by atoms with Gasteiger partial charge in [0, 0.05) is 13.2 Å². The fourth-order valence-electron chi connectivity index (χ4n) is 2.51. The van der Waals surface area contributed by atoms with Gasteiger partial charge in [-0.2, -0.15) is 5.10 Å². The Bertz CT molecular complexity index is 798. The van der Waals surface area contributed by atoms with Gasteiger partial charge in [0.05, 0.1) is 23.4 Å². The molecule has 1 N–H and O–H groups in total. The first-order valence-electron chi connectivity index (χ1n) is 8.28. The third kappa shape index (κ3) is 3.71. The summed E-state index contributed by atoms with van der Waals surface area (Å²) >= 11 is 0. The van der Waals surface area contributed by atoms with Crippen LogP contribution in [0.15, 0.2) is 36.5 Å². The van der Waals surface area contributed by atoms with Gasteiger partial charge < -0.3 is 10.1 Å². The number of fused-ring (bicyclic) bond motifs is 1. The number of nitrogens with zero attached hydrogens (tertiary/aromatic N) is 4. The molecule has 0 bridgehead atoms. The van der Waals surface area contributed by atoms with Gasteiger partial charge in [-0.25, -0.2) is 14.6 Å². The third-order valence-corrected chi connectivity index (χ3v) is 3.61. The number of ether oxygens (including phenoxy) is 1. The summed E-state index contributed by atoms with van der Waals surface area (Å²) in [6, 6.07) is 10.00. The van der Waals surface area contributed by atoms with Crippen molar-refractivity contribution in [2.24, 2.45) is 0 Å². The Morgan fingerprint density at radius 2 is 1.96 bits per heavy atom. The van der Waals surface area contributed by atoms with Gasteiger partial charge in [-0.05, 0) is 39.3 Å². The molecular formula is C18H23N5O. The molecule has 0 aliphatic carbocycles. The number of para-hydroxylation sites is 1. The average Bonchev–Trinajstić information content (AvgIpc) is 2.98. The molecule has 0 radical (unpaired) electrons. The second-order valence-electron chi connectivity index (χ2n) is 5.95. The van der Waals surface area contributed by atoms with Crippen molar-refractivity contribution < 1.29 is 4.74 Å². The van der Waals surface area contributed by atoms with E-state index < -0.39 is 0 Å². The second kappa shape index (κ2) is 7.40. The summed E-state index contributed by atoms with van der Waals surface area (Å²) in [6.07, 6.45) is 3.01. The van der Waals surface area contributed by atoms with Crippen LogP contribution < -0.4 is 5.32 Å². The standard InChI is InChI=1S/C18H23N5O/c1-13(2)24-11-7-10-19-17-16-12-20-23(15-8-5-4-6-9-15)18(16)22-14(3)21-17/h4-6,8-9,12-13H,7,10-11H2,1-3H3,(H,19,21,22). The van der Waals surface area contributed by atoms with Crippen LogP contribution in [0.25, 0.3) is 16.7 Å². The molecule has 0 saturated heterocycles. The lowest BCUT2D eigenvalue weighted by Crippen LogP contribution is -2.11. The fraction of sp³-hybridized carbons (Fsp3) is 0.389. The average molecular weight is 325 g/mol. The van der Waals surface area contributed by atoms with Crippen LogP contribution >= 0.6 is 0 Å². The maximum Gasteiger partial charge on any atom is 0.168 e. The predicted molar refractivity (Wildman–Crippen MR) is 95.6 cm³/mol. The highest BCUT2D eigenvalue weighted by molar-refractivity contribution is 5.87. The Morgan fingerprint density at radius 3 is 2.71 bits per heavy atom. The Balaban J connectivity index is 1.81. The van der Waals surface area contributed by atoms with Crippen molar-refractivity contribution in [3.05, 3.63) is 42.4 Å². The predicted octanol–water partition coefficient (Wildman–Crippen LogP) is 3.35. The molecule has 126 valence electrons. The number of hydrogen-bond acceptors (Lipinski definition) is 5.